The van der Waals surface area contributed by atoms with Gasteiger partial charge < -0.3 is 5.73 Å². The van der Waals surface area contributed by atoms with Crippen molar-refractivity contribution in [3.63, 3.8) is 0 Å². The number of nitrogen functional groups attached to an aromatic ring is 1. The third kappa shape index (κ3) is 1.97. The maximum absolute atomic E-state index is 7.32. The second-order valence-electron chi connectivity index (χ2n) is 4.22. The molecule has 3 aromatic rings. The first-order valence-electron chi connectivity index (χ1n) is 5.69. The number of pyridine rings is 1. The molecule has 2 heterocycles. The molecule has 2 aromatic heterocycles. The minimum absolute atomic E-state index is 0.465. The Balaban J connectivity index is 2.34. The monoisotopic (exact) mass is 302 g/mol. The van der Waals surface area contributed by atoms with E-state index in [4.69, 9.17) is 35.5 Å². The van der Waals surface area contributed by atoms with E-state index in [0.29, 0.717) is 32.8 Å². The van der Waals surface area contributed by atoms with Crippen molar-refractivity contribution in [3.8, 4) is 11.1 Å². The lowest BCUT2D eigenvalue weighted by Gasteiger charge is -2.09. The number of nitrogens with zero attached hydrogens (tertiary/aromatic N) is 3. The molecule has 0 saturated heterocycles. The molecule has 1 aromatic carbocycles. The quantitative estimate of drug-likeness (QED) is 0.675. The van der Waals surface area contributed by atoms with E-state index in [9.17, 15) is 0 Å². The van der Waals surface area contributed by atoms with E-state index in [1.807, 2.05) is 0 Å². The van der Waals surface area contributed by atoms with E-state index in [0.717, 1.165) is 5.56 Å². The number of hydrogen-bond acceptors (Lipinski definition) is 2. The number of benzene rings is 1. The van der Waals surface area contributed by atoms with Gasteiger partial charge in [-0.1, -0.05) is 29.3 Å². The van der Waals surface area contributed by atoms with Gasteiger partial charge in [0, 0.05) is 21.8 Å². The number of imidazole rings is 1. The van der Waals surface area contributed by atoms with Crippen LogP contribution in [0.3, 0.4) is 0 Å². The molecule has 4 nitrogen and oxygen atoms in total. The Morgan fingerprint density at radius 3 is 2.70 bits per heavy atom. The van der Waals surface area contributed by atoms with Gasteiger partial charge in [0.1, 0.15) is 11.5 Å². The zero-order valence-electron chi connectivity index (χ0n) is 10.1. The van der Waals surface area contributed by atoms with Crippen LogP contribution in [0.1, 0.15) is 0 Å². The normalized spacial score (nSPS) is 10.7. The van der Waals surface area contributed by atoms with Crippen molar-refractivity contribution in [1.82, 2.24) is 9.38 Å². The summed E-state index contributed by atoms with van der Waals surface area (Å²) in [6.45, 7) is 7.32. The number of nitrogens with two attached hydrogens (primary N) is 1. The smallest absolute Gasteiger partial charge is 0.200 e. The lowest BCUT2D eigenvalue weighted by molar-refractivity contribution is 1.20. The molecule has 0 bridgehead atoms. The molecule has 0 aliphatic heterocycles. The third-order valence-corrected chi connectivity index (χ3v) is 3.54. The van der Waals surface area contributed by atoms with Gasteiger partial charge in [0.15, 0.2) is 5.69 Å². The molecule has 6 heteroatoms. The van der Waals surface area contributed by atoms with E-state index in [-0.39, 0.29) is 0 Å². The van der Waals surface area contributed by atoms with Crippen molar-refractivity contribution >= 4 is 40.4 Å². The van der Waals surface area contributed by atoms with Gasteiger partial charge >= 0.3 is 0 Å². The summed E-state index contributed by atoms with van der Waals surface area (Å²) in [5.41, 5.74) is 8.36. The Labute approximate surface area is 125 Å². The maximum Gasteiger partial charge on any atom is 0.200 e. The lowest BCUT2D eigenvalue weighted by Crippen LogP contribution is -1.93. The van der Waals surface area contributed by atoms with Crippen molar-refractivity contribution in [2.24, 2.45) is 0 Å². The van der Waals surface area contributed by atoms with Crippen LogP contribution in [0.4, 0.5) is 11.5 Å². The van der Waals surface area contributed by atoms with E-state index >= 15 is 0 Å². The molecule has 0 aliphatic rings. The molecule has 20 heavy (non-hydrogen) atoms. The fourth-order valence-corrected chi connectivity index (χ4v) is 2.55. The first-order chi connectivity index (χ1) is 9.60. The second kappa shape index (κ2) is 4.71. The Hall–Kier alpha value is -2.22. The second-order valence-corrected chi connectivity index (χ2v) is 5.06. The molecule has 98 valence electrons. The van der Waals surface area contributed by atoms with Gasteiger partial charge in [-0.25, -0.2) is 9.83 Å². The minimum Gasteiger partial charge on any atom is -0.383 e. The number of aromatic nitrogens is 2. The molecule has 2 N–H and O–H groups in total. The highest BCUT2D eigenvalue weighted by Gasteiger charge is 2.12. The van der Waals surface area contributed by atoms with Crippen LogP contribution in [0.25, 0.3) is 21.6 Å². The average molecular weight is 303 g/mol. The molecule has 0 unspecified atom stereocenters. The Morgan fingerprint density at radius 2 is 2.00 bits per heavy atom. The van der Waals surface area contributed by atoms with Crippen LogP contribution in [-0.4, -0.2) is 9.38 Å². The first-order valence-corrected chi connectivity index (χ1v) is 6.45. The largest absolute Gasteiger partial charge is 0.383 e. The SMILES string of the molecule is [C-]#[N+]c1cc2ncc(N)n2cc1-c1ccc(Cl)cc1Cl. The average Bonchev–Trinajstić information content (AvgIpc) is 2.78. The zero-order chi connectivity index (χ0) is 14.3. The van der Waals surface area contributed by atoms with Gasteiger partial charge in [0.25, 0.3) is 0 Å². The van der Waals surface area contributed by atoms with Gasteiger partial charge in [-0.3, -0.25) is 4.40 Å². The van der Waals surface area contributed by atoms with Gasteiger partial charge in [0.2, 0.25) is 0 Å². The maximum atomic E-state index is 7.32. The fraction of sp³-hybridized carbons (Fsp3) is 0. The summed E-state index contributed by atoms with van der Waals surface area (Å²) < 4.78 is 1.72. The van der Waals surface area contributed by atoms with Crippen molar-refractivity contribution in [2.45, 2.75) is 0 Å². The number of fused-ring (bicyclic) bond motifs is 1. The third-order valence-electron chi connectivity index (χ3n) is 3.00. The molecule has 0 amide bonds. The molecule has 3 rings (SSSR count). The van der Waals surface area contributed by atoms with Gasteiger partial charge in [-0.2, -0.15) is 0 Å². The summed E-state index contributed by atoms with van der Waals surface area (Å²) in [5.74, 6) is 0.503. The van der Waals surface area contributed by atoms with Crippen molar-refractivity contribution < 1.29 is 0 Å². The fourth-order valence-electron chi connectivity index (χ4n) is 2.04. The van der Waals surface area contributed by atoms with Crippen molar-refractivity contribution in [2.75, 3.05) is 5.73 Å². The Kier molecular flexibility index (Phi) is 3.01. The van der Waals surface area contributed by atoms with E-state index in [1.54, 1.807) is 41.1 Å². The van der Waals surface area contributed by atoms with Crippen molar-refractivity contribution in [3.05, 3.63) is 58.1 Å². The van der Waals surface area contributed by atoms with Gasteiger partial charge in [-0.15, -0.1) is 0 Å². The highest BCUT2D eigenvalue weighted by atomic mass is 35.5. The molecular weight excluding hydrogens is 295 g/mol. The highest BCUT2D eigenvalue weighted by molar-refractivity contribution is 6.36. The number of halogens is 2. The Morgan fingerprint density at radius 1 is 1.20 bits per heavy atom. The summed E-state index contributed by atoms with van der Waals surface area (Å²) >= 11 is 12.1. The Bertz CT molecular complexity index is 861. The number of anilines is 1. The van der Waals surface area contributed by atoms with Crippen LogP contribution >= 0.6 is 23.2 Å². The predicted octanol–water partition coefficient (Wildman–Crippen LogP) is 4.44. The highest BCUT2D eigenvalue weighted by Crippen LogP contribution is 2.37. The summed E-state index contributed by atoms with van der Waals surface area (Å²) in [6, 6.07) is 6.85. The topological polar surface area (TPSA) is 47.7 Å². The minimum atomic E-state index is 0.465. The van der Waals surface area contributed by atoms with Crippen molar-refractivity contribution in [1.29, 1.82) is 0 Å². The van der Waals surface area contributed by atoms with Crippen LogP contribution in [0.5, 0.6) is 0 Å². The molecular formula is C14H8Cl2N4. The standard InChI is InChI=1S/C14H8Cl2N4/c1-18-12-5-14-19-6-13(17)20(14)7-10(12)9-3-2-8(15)4-11(9)16/h2-7H,17H2. The van der Waals surface area contributed by atoms with Crippen LogP contribution < -0.4 is 5.73 Å². The molecule has 0 aliphatic carbocycles. The van der Waals surface area contributed by atoms with Crippen LogP contribution in [0.2, 0.25) is 10.0 Å². The summed E-state index contributed by atoms with van der Waals surface area (Å²) in [4.78, 5) is 7.67. The molecule has 0 saturated carbocycles. The number of rotatable bonds is 1. The molecule has 0 atom stereocenters. The van der Waals surface area contributed by atoms with Gasteiger partial charge in [-0.05, 0) is 23.8 Å². The van der Waals surface area contributed by atoms with Crippen LogP contribution in [0.15, 0.2) is 36.7 Å². The predicted molar refractivity (Wildman–Crippen MR) is 81.3 cm³/mol. The molecule has 0 fully saturated rings. The summed E-state index contributed by atoms with van der Waals surface area (Å²) in [6.07, 6.45) is 3.32. The van der Waals surface area contributed by atoms with E-state index in [2.05, 4.69) is 9.83 Å². The lowest BCUT2D eigenvalue weighted by atomic mass is 10.1. The summed E-state index contributed by atoms with van der Waals surface area (Å²) in [5, 5.41) is 1.03. The van der Waals surface area contributed by atoms with E-state index < -0.39 is 0 Å². The summed E-state index contributed by atoms with van der Waals surface area (Å²) in [7, 11) is 0. The van der Waals surface area contributed by atoms with Gasteiger partial charge in [0.05, 0.1) is 12.8 Å². The number of hydrogen-bond donors (Lipinski definition) is 1. The molecule has 0 spiro atoms. The zero-order valence-corrected chi connectivity index (χ0v) is 11.7. The van der Waals surface area contributed by atoms with Crippen LogP contribution in [0, 0.1) is 6.57 Å². The first kappa shape index (κ1) is 12.8. The van der Waals surface area contributed by atoms with E-state index in [1.165, 1.54) is 0 Å². The van der Waals surface area contributed by atoms with Crippen LogP contribution in [-0.2, 0) is 0 Å². The molecule has 0 radical (unpaired) electrons.